The van der Waals surface area contributed by atoms with Gasteiger partial charge in [-0.2, -0.15) is 13.2 Å². The minimum absolute atomic E-state index is 0.00243. The number of alkyl halides is 3. The molecule has 1 rings (SSSR count). The number of halogens is 4. The Hall–Kier alpha value is -1.30. The van der Waals surface area contributed by atoms with E-state index in [4.69, 9.17) is 10.8 Å². The van der Waals surface area contributed by atoms with Gasteiger partial charge in [-0.15, -0.1) is 0 Å². The van der Waals surface area contributed by atoms with Gasteiger partial charge in [0.1, 0.15) is 0 Å². The van der Waals surface area contributed by atoms with E-state index >= 15 is 0 Å². The molecular formula is C9H9F4NO. The number of rotatable bonds is 2. The number of aromatic hydroxyl groups is 1. The fraction of sp³-hybridized carbons (Fsp3) is 0.333. The van der Waals surface area contributed by atoms with Crippen molar-refractivity contribution in [3.05, 3.63) is 29.6 Å². The fourth-order valence-corrected chi connectivity index (χ4v) is 1.12. The molecule has 2 nitrogen and oxygen atoms in total. The first kappa shape index (κ1) is 11.8. The molecule has 0 unspecified atom stereocenters. The summed E-state index contributed by atoms with van der Waals surface area (Å²) in [5, 5.41) is 8.82. The molecule has 0 aliphatic rings. The van der Waals surface area contributed by atoms with Crippen LogP contribution in [0, 0.1) is 5.82 Å². The summed E-state index contributed by atoms with van der Waals surface area (Å²) in [6.07, 6.45) is -5.62. The minimum atomic E-state index is -4.40. The quantitative estimate of drug-likeness (QED) is 0.756. The molecule has 1 aromatic carbocycles. The monoisotopic (exact) mass is 223 g/mol. The van der Waals surface area contributed by atoms with E-state index < -0.39 is 30.2 Å². The van der Waals surface area contributed by atoms with Crippen LogP contribution < -0.4 is 5.73 Å². The van der Waals surface area contributed by atoms with Crippen molar-refractivity contribution in [3.63, 3.8) is 0 Å². The lowest BCUT2D eigenvalue weighted by Gasteiger charge is -2.14. The average Bonchev–Trinajstić information content (AvgIpc) is 2.06. The van der Waals surface area contributed by atoms with Crippen LogP contribution in [0.25, 0.3) is 0 Å². The zero-order valence-corrected chi connectivity index (χ0v) is 7.55. The third kappa shape index (κ3) is 3.39. The van der Waals surface area contributed by atoms with E-state index in [9.17, 15) is 17.6 Å². The normalized spacial score (nSPS) is 13.9. The number of benzene rings is 1. The number of phenols is 1. The molecule has 0 heterocycles. The first-order valence-electron chi connectivity index (χ1n) is 4.10. The van der Waals surface area contributed by atoms with Crippen LogP contribution in [0.4, 0.5) is 17.6 Å². The van der Waals surface area contributed by atoms with Gasteiger partial charge in [0.05, 0.1) is 6.42 Å². The van der Waals surface area contributed by atoms with Gasteiger partial charge in [0.2, 0.25) is 0 Å². The molecule has 6 heteroatoms. The molecule has 0 aromatic heterocycles. The van der Waals surface area contributed by atoms with E-state index in [0.29, 0.717) is 0 Å². The Morgan fingerprint density at radius 3 is 2.40 bits per heavy atom. The van der Waals surface area contributed by atoms with Gasteiger partial charge in [-0.1, -0.05) is 6.07 Å². The second-order valence-corrected chi connectivity index (χ2v) is 3.14. The second kappa shape index (κ2) is 4.06. The van der Waals surface area contributed by atoms with Crippen LogP contribution >= 0.6 is 0 Å². The van der Waals surface area contributed by atoms with E-state index in [-0.39, 0.29) is 5.56 Å². The molecule has 0 bridgehead atoms. The van der Waals surface area contributed by atoms with Crippen LogP contribution in [0.15, 0.2) is 18.2 Å². The summed E-state index contributed by atoms with van der Waals surface area (Å²) in [7, 11) is 0. The zero-order chi connectivity index (χ0) is 11.6. The largest absolute Gasteiger partial charge is 0.505 e. The molecule has 0 saturated heterocycles. The molecule has 1 atom stereocenters. The Kier molecular flexibility index (Phi) is 3.18. The second-order valence-electron chi connectivity index (χ2n) is 3.14. The van der Waals surface area contributed by atoms with Gasteiger partial charge in [-0.3, -0.25) is 0 Å². The molecule has 15 heavy (non-hydrogen) atoms. The van der Waals surface area contributed by atoms with Gasteiger partial charge < -0.3 is 10.8 Å². The van der Waals surface area contributed by atoms with Crippen molar-refractivity contribution in [3.8, 4) is 5.75 Å². The van der Waals surface area contributed by atoms with Crippen molar-refractivity contribution in [2.75, 3.05) is 0 Å². The minimum Gasteiger partial charge on any atom is -0.505 e. The van der Waals surface area contributed by atoms with Gasteiger partial charge >= 0.3 is 6.18 Å². The van der Waals surface area contributed by atoms with Gasteiger partial charge in [0.25, 0.3) is 0 Å². The number of phenolic OH excluding ortho intramolecular Hbond substituents is 1. The highest BCUT2D eigenvalue weighted by Gasteiger charge is 2.31. The Labute approximate surface area is 83.3 Å². The Bertz CT molecular complexity index is 350. The van der Waals surface area contributed by atoms with Crippen LogP contribution in [0.2, 0.25) is 0 Å². The van der Waals surface area contributed by atoms with Crippen molar-refractivity contribution in [1.82, 2.24) is 0 Å². The zero-order valence-electron chi connectivity index (χ0n) is 7.55. The van der Waals surface area contributed by atoms with Gasteiger partial charge in [-0.05, 0) is 17.7 Å². The highest BCUT2D eigenvalue weighted by molar-refractivity contribution is 5.29. The number of hydrogen-bond donors (Lipinski definition) is 2. The summed E-state index contributed by atoms with van der Waals surface area (Å²) in [4.78, 5) is 0. The van der Waals surface area contributed by atoms with Crippen LogP contribution in [0.5, 0.6) is 5.75 Å². The summed E-state index contributed by atoms with van der Waals surface area (Å²) < 4.78 is 48.6. The highest BCUT2D eigenvalue weighted by atomic mass is 19.4. The third-order valence-corrected chi connectivity index (χ3v) is 1.85. The molecule has 84 valence electrons. The van der Waals surface area contributed by atoms with E-state index in [2.05, 4.69) is 0 Å². The van der Waals surface area contributed by atoms with Gasteiger partial charge in [0, 0.05) is 6.04 Å². The Balaban J connectivity index is 2.83. The topological polar surface area (TPSA) is 46.2 Å². The molecule has 0 saturated carbocycles. The smallest absolute Gasteiger partial charge is 0.390 e. The third-order valence-electron chi connectivity index (χ3n) is 1.85. The molecule has 0 spiro atoms. The summed E-state index contributed by atoms with van der Waals surface area (Å²) in [6, 6.07) is 1.61. The summed E-state index contributed by atoms with van der Waals surface area (Å²) >= 11 is 0. The molecule has 0 amide bonds. The van der Waals surface area contributed by atoms with Crippen LogP contribution in [0.3, 0.4) is 0 Å². The molecule has 0 radical (unpaired) electrons. The van der Waals surface area contributed by atoms with Gasteiger partial charge in [0.15, 0.2) is 11.6 Å². The molecule has 1 aromatic rings. The summed E-state index contributed by atoms with van der Waals surface area (Å²) in [5.74, 6) is -1.59. The van der Waals surface area contributed by atoms with Crippen molar-refractivity contribution in [2.24, 2.45) is 5.73 Å². The average molecular weight is 223 g/mol. The van der Waals surface area contributed by atoms with E-state index in [1.165, 1.54) is 0 Å². The Morgan fingerprint density at radius 2 is 1.93 bits per heavy atom. The number of nitrogens with two attached hydrogens (primary N) is 1. The Morgan fingerprint density at radius 1 is 1.33 bits per heavy atom. The van der Waals surface area contributed by atoms with Crippen LogP contribution in [-0.4, -0.2) is 11.3 Å². The van der Waals surface area contributed by atoms with Crippen molar-refractivity contribution in [1.29, 1.82) is 0 Å². The predicted octanol–water partition coefficient (Wildman–Crippen LogP) is 2.48. The summed E-state index contributed by atoms with van der Waals surface area (Å²) in [5.41, 5.74) is 5.23. The SMILES string of the molecule is N[C@@H](CC(F)(F)F)c1ccc(O)c(F)c1. The molecular weight excluding hydrogens is 214 g/mol. The summed E-state index contributed by atoms with van der Waals surface area (Å²) in [6.45, 7) is 0. The maximum Gasteiger partial charge on any atom is 0.390 e. The first-order valence-corrected chi connectivity index (χ1v) is 4.10. The number of hydrogen-bond acceptors (Lipinski definition) is 2. The fourth-order valence-electron chi connectivity index (χ4n) is 1.12. The first-order chi connectivity index (χ1) is 6.79. The highest BCUT2D eigenvalue weighted by Crippen LogP contribution is 2.29. The lowest BCUT2D eigenvalue weighted by atomic mass is 10.0. The van der Waals surface area contributed by atoms with Crippen molar-refractivity contribution in [2.45, 2.75) is 18.6 Å². The molecule has 3 N–H and O–H groups in total. The van der Waals surface area contributed by atoms with Gasteiger partial charge in [-0.25, -0.2) is 4.39 Å². The van der Waals surface area contributed by atoms with Crippen LogP contribution in [-0.2, 0) is 0 Å². The van der Waals surface area contributed by atoms with E-state index in [1.807, 2.05) is 0 Å². The molecule has 0 aliphatic heterocycles. The lowest BCUT2D eigenvalue weighted by Crippen LogP contribution is -2.20. The molecule has 0 aliphatic carbocycles. The van der Waals surface area contributed by atoms with Crippen molar-refractivity contribution < 1.29 is 22.7 Å². The lowest BCUT2D eigenvalue weighted by molar-refractivity contribution is -0.138. The predicted molar refractivity (Wildman–Crippen MR) is 45.7 cm³/mol. The maximum absolute atomic E-state index is 12.8. The standard InChI is InChI=1S/C9H9F4NO/c10-6-3-5(1-2-8(6)15)7(14)4-9(11,12)13/h1-3,7,15H,4,14H2/t7-/m0/s1. The van der Waals surface area contributed by atoms with E-state index in [1.54, 1.807) is 0 Å². The maximum atomic E-state index is 12.8. The molecule has 0 fully saturated rings. The van der Waals surface area contributed by atoms with E-state index in [0.717, 1.165) is 18.2 Å². The van der Waals surface area contributed by atoms with Crippen LogP contribution in [0.1, 0.15) is 18.0 Å². The van der Waals surface area contributed by atoms with Crippen molar-refractivity contribution >= 4 is 0 Å².